The Hall–Kier alpha value is -0.890. The van der Waals surface area contributed by atoms with Gasteiger partial charge in [0.1, 0.15) is 5.82 Å². The molecule has 1 aromatic rings. The van der Waals surface area contributed by atoms with Crippen LogP contribution in [0.3, 0.4) is 0 Å². The van der Waals surface area contributed by atoms with Crippen LogP contribution in [-0.2, 0) is 6.42 Å². The highest BCUT2D eigenvalue weighted by molar-refractivity contribution is 5.16. The Morgan fingerprint density at radius 3 is 2.42 bits per heavy atom. The van der Waals surface area contributed by atoms with Gasteiger partial charge in [-0.25, -0.2) is 4.39 Å². The molecule has 2 heteroatoms. The first-order chi connectivity index (χ1) is 9.26. The van der Waals surface area contributed by atoms with Gasteiger partial charge in [-0.2, -0.15) is 0 Å². The van der Waals surface area contributed by atoms with Crippen LogP contribution >= 0.6 is 0 Å². The predicted octanol–water partition coefficient (Wildman–Crippen LogP) is 4.56. The molecule has 0 bridgehead atoms. The predicted molar refractivity (Wildman–Crippen MR) is 80.9 cm³/mol. The molecule has 1 aromatic carbocycles. The van der Waals surface area contributed by atoms with Gasteiger partial charge in [-0.05, 0) is 56.0 Å². The lowest BCUT2D eigenvalue weighted by atomic mass is 9.93. The van der Waals surface area contributed by atoms with E-state index in [-0.39, 0.29) is 5.82 Å². The average Bonchev–Trinajstić information content (AvgIpc) is 2.41. The normalized spacial score (nSPS) is 12.6. The summed E-state index contributed by atoms with van der Waals surface area (Å²) in [6, 6.07) is 6.97. The lowest BCUT2D eigenvalue weighted by Crippen LogP contribution is -2.25. The number of unbranched alkanes of at least 4 members (excludes halogenated alkanes) is 2. The molecule has 0 saturated heterocycles. The van der Waals surface area contributed by atoms with Crippen molar-refractivity contribution in [1.29, 1.82) is 0 Å². The highest BCUT2D eigenvalue weighted by Gasteiger charge is 2.09. The summed E-state index contributed by atoms with van der Waals surface area (Å²) in [6.45, 7) is 6.60. The lowest BCUT2D eigenvalue weighted by Gasteiger charge is -2.17. The van der Waals surface area contributed by atoms with E-state index < -0.39 is 0 Å². The van der Waals surface area contributed by atoms with E-state index in [0.29, 0.717) is 5.92 Å². The molecule has 0 aliphatic heterocycles. The minimum absolute atomic E-state index is 0.143. The van der Waals surface area contributed by atoms with Crippen LogP contribution in [0.5, 0.6) is 0 Å². The molecule has 1 unspecified atom stereocenters. The molecule has 0 aliphatic rings. The van der Waals surface area contributed by atoms with Crippen LogP contribution in [0.25, 0.3) is 0 Å². The first-order valence-corrected chi connectivity index (χ1v) is 7.71. The highest BCUT2D eigenvalue weighted by Crippen LogP contribution is 2.16. The van der Waals surface area contributed by atoms with Crippen molar-refractivity contribution in [1.82, 2.24) is 5.32 Å². The Morgan fingerprint density at radius 2 is 1.79 bits per heavy atom. The first kappa shape index (κ1) is 16.2. The third-order valence-corrected chi connectivity index (χ3v) is 3.51. The molecule has 0 fully saturated rings. The van der Waals surface area contributed by atoms with Crippen LogP contribution in [-0.4, -0.2) is 13.1 Å². The molecule has 0 saturated carbocycles. The largest absolute Gasteiger partial charge is 0.316 e. The summed E-state index contributed by atoms with van der Waals surface area (Å²) in [7, 11) is 0. The van der Waals surface area contributed by atoms with E-state index in [1.54, 1.807) is 12.1 Å². The summed E-state index contributed by atoms with van der Waals surface area (Å²) in [5.74, 6) is 0.527. The van der Waals surface area contributed by atoms with Gasteiger partial charge >= 0.3 is 0 Å². The molecule has 0 radical (unpaired) electrons. The van der Waals surface area contributed by atoms with Crippen molar-refractivity contribution < 1.29 is 4.39 Å². The molecule has 0 heterocycles. The Morgan fingerprint density at radius 1 is 1.05 bits per heavy atom. The maximum atomic E-state index is 12.9. The zero-order valence-electron chi connectivity index (χ0n) is 12.4. The summed E-state index contributed by atoms with van der Waals surface area (Å²) < 4.78 is 12.9. The van der Waals surface area contributed by atoms with Crippen molar-refractivity contribution in [2.45, 2.75) is 52.4 Å². The molecule has 19 heavy (non-hydrogen) atoms. The average molecular weight is 265 g/mol. The van der Waals surface area contributed by atoms with Crippen molar-refractivity contribution in [3.05, 3.63) is 35.6 Å². The second kappa shape index (κ2) is 9.96. The van der Waals surface area contributed by atoms with Crippen molar-refractivity contribution in [3.8, 4) is 0 Å². The van der Waals surface area contributed by atoms with Gasteiger partial charge in [0.05, 0.1) is 0 Å². The molecule has 1 N–H and O–H groups in total. The van der Waals surface area contributed by atoms with Gasteiger partial charge in [0.25, 0.3) is 0 Å². The second-order valence-corrected chi connectivity index (χ2v) is 5.40. The SMILES string of the molecule is CCCCCC(CNCCC)Cc1ccc(F)cc1. The fourth-order valence-corrected chi connectivity index (χ4v) is 2.40. The third kappa shape index (κ3) is 7.31. The highest BCUT2D eigenvalue weighted by atomic mass is 19.1. The fraction of sp³-hybridized carbons (Fsp3) is 0.647. The van der Waals surface area contributed by atoms with Crippen LogP contribution in [0.4, 0.5) is 4.39 Å². The lowest BCUT2D eigenvalue weighted by molar-refractivity contribution is 0.424. The molecular weight excluding hydrogens is 237 g/mol. The molecule has 1 atom stereocenters. The van der Waals surface area contributed by atoms with Crippen molar-refractivity contribution >= 4 is 0 Å². The Kier molecular flexibility index (Phi) is 8.48. The van der Waals surface area contributed by atoms with Gasteiger partial charge in [-0.1, -0.05) is 45.2 Å². The molecule has 0 amide bonds. The first-order valence-electron chi connectivity index (χ1n) is 7.71. The van der Waals surface area contributed by atoms with Gasteiger partial charge in [-0.3, -0.25) is 0 Å². The number of benzene rings is 1. The summed E-state index contributed by atoms with van der Waals surface area (Å²) in [5, 5.41) is 3.52. The van der Waals surface area contributed by atoms with Crippen LogP contribution in [0.1, 0.15) is 51.5 Å². The van der Waals surface area contributed by atoms with Crippen molar-refractivity contribution in [2.75, 3.05) is 13.1 Å². The van der Waals surface area contributed by atoms with Crippen molar-refractivity contribution in [3.63, 3.8) is 0 Å². The monoisotopic (exact) mass is 265 g/mol. The fourth-order valence-electron chi connectivity index (χ4n) is 2.40. The standard InChI is InChI=1S/C17H28FN/c1-3-5-6-7-16(14-19-12-4-2)13-15-8-10-17(18)11-9-15/h8-11,16,19H,3-7,12-14H2,1-2H3. The van der Waals surface area contributed by atoms with E-state index in [2.05, 4.69) is 19.2 Å². The smallest absolute Gasteiger partial charge is 0.123 e. The maximum absolute atomic E-state index is 12.9. The van der Waals surface area contributed by atoms with Gasteiger partial charge in [0, 0.05) is 0 Å². The number of hydrogen-bond donors (Lipinski definition) is 1. The van der Waals surface area contributed by atoms with E-state index in [9.17, 15) is 4.39 Å². The minimum atomic E-state index is -0.143. The van der Waals surface area contributed by atoms with E-state index in [0.717, 1.165) is 19.5 Å². The van der Waals surface area contributed by atoms with E-state index in [1.165, 1.54) is 37.7 Å². The quantitative estimate of drug-likeness (QED) is 0.611. The minimum Gasteiger partial charge on any atom is -0.316 e. The third-order valence-electron chi connectivity index (χ3n) is 3.51. The van der Waals surface area contributed by atoms with Gasteiger partial charge < -0.3 is 5.32 Å². The number of nitrogens with one attached hydrogen (secondary N) is 1. The molecule has 108 valence electrons. The van der Waals surface area contributed by atoms with Crippen molar-refractivity contribution in [2.24, 2.45) is 5.92 Å². The number of halogens is 1. The van der Waals surface area contributed by atoms with Gasteiger partial charge in [0.15, 0.2) is 0 Å². The van der Waals surface area contributed by atoms with Crippen LogP contribution in [0.2, 0.25) is 0 Å². The van der Waals surface area contributed by atoms with Crippen LogP contribution in [0.15, 0.2) is 24.3 Å². The van der Waals surface area contributed by atoms with Gasteiger partial charge in [-0.15, -0.1) is 0 Å². The molecule has 1 nitrogen and oxygen atoms in total. The number of rotatable bonds is 10. The molecular formula is C17H28FN. The van der Waals surface area contributed by atoms with Crippen LogP contribution in [0, 0.1) is 11.7 Å². The second-order valence-electron chi connectivity index (χ2n) is 5.40. The molecule has 1 rings (SSSR count). The summed E-state index contributed by atoms with van der Waals surface area (Å²) >= 11 is 0. The summed E-state index contributed by atoms with van der Waals surface area (Å²) in [5.41, 5.74) is 1.25. The number of hydrogen-bond acceptors (Lipinski definition) is 1. The summed E-state index contributed by atoms with van der Waals surface area (Å²) in [4.78, 5) is 0. The molecule has 0 spiro atoms. The van der Waals surface area contributed by atoms with E-state index in [1.807, 2.05) is 12.1 Å². The topological polar surface area (TPSA) is 12.0 Å². The van der Waals surface area contributed by atoms with Gasteiger partial charge in [0.2, 0.25) is 0 Å². The Labute approximate surface area is 117 Å². The molecule has 0 aliphatic carbocycles. The van der Waals surface area contributed by atoms with E-state index >= 15 is 0 Å². The zero-order valence-corrected chi connectivity index (χ0v) is 12.4. The zero-order chi connectivity index (χ0) is 13.9. The Balaban J connectivity index is 2.44. The van der Waals surface area contributed by atoms with E-state index in [4.69, 9.17) is 0 Å². The molecule has 0 aromatic heterocycles. The Bertz CT molecular complexity index is 311. The maximum Gasteiger partial charge on any atom is 0.123 e. The van der Waals surface area contributed by atoms with Crippen LogP contribution < -0.4 is 5.32 Å². The summed E-state index contributed by atoms with van der Waals surface area (Å²) in [6.07, 6.45) is 7.39.